The van der Waals surface area contributed by atoms with Gasteiger partial charge in [-0.15, -0.1) is 12.4 Å². The van der Waals surface area contributed by atoms with E-state index in [4.69, 9.17) is 0 Å². The number of carbonyl (C=O) groups excluding carboxylic acids is 1. The van der Waals surface area contributed by atoms with Crippen molar-refractivity contribution in [2.24, 2.45) is 5.92 Å². The Morgan fingerprint density at radius 1 is 1.42 bits per heavy atom. The summed E-state index contributed by atoms with van der Waals surface area (Å²) in [5, 5.41) is 3.14. The number of likely N-dealkylation sites (N-methyl/N-ethyl adjacent to an activating group) is 1. The predicted molar refractivity (Wildman–Crippen MR) is 79.4 cm³/mol. The molecule has 0 radical (unpaired) electrons. The lowest BCUT2D eigenvalue weighted by molar-refractivity contribution is -0.131. The fourth-order valence-electron chi connectivity index (χ4n) is 2.07. The van der Waals surface area contributed by atoms with Gasteiger partial charge in [-0.05, 0) is 39.2 Å². The Balaban J connectivity index is 0.00000324. The van der Waals surface area contributed by atoms with Crippen molar-refractivity contribution < 1.29 is 13.2 Å². The smallest absolute Gasteiger partial charge is 0.236 e. The lowest BCUT2D eigenvalue weighted by Gasteiger charge is -2.27. The van der Waals surface area contributed by atoms with Gasteiger partial charge in [0.05, 0.1) is 12.3 Å². The summed E-state index contributed by atoms with van der Waals surface area (Å²) in [5.41, 5.74) is 0. The summed E-state index contributed by atoms with van der Waals surface area (Å²) in [6.45, 7) is 5.39. The molecule has 0 heterocycles. The Bertz CT molecular complexity index is 382. The first-order valence-electron chi connectivity index (χ1n) is 6.51. The van der Waals surface area contributed by atoms with E-state index in [0.717, 1.165) is 12.5 Å². The summed E-state index contributed by atoms with van der Waals surface area (Å²) in [7, 11) is -3.05. The number of sulfone groups is 1. The van der Waals surface area contributed by atoms with E-state index in [2.05, 4.69) is 5.32 Å². The van der Waals surface area contributed by atoms with Gasteiger partial charge in [0.1, 0.15) is 9.84 Å². The second-order valence-electron chi connectivity index (χ2n) is 5.20. The van der Waals surface area contributed by atoms with Gasteiger partial charge in [0.2, 0.25) is 5.91 Å². The number of halogens is 1. The zero-order valence-electron chi connectivity index (χ0n) is 11.9. The van der Waals surface area contributed by atoms with Crippen LogP contribution in [-0.4, -0.2) is 56.9 Å². The number of hydrogen-bond acceptors (Lipinski definition) is 4. The molecule has 0 saturated heterocycles. The maximum atomic E-state index is 12.0. The lowest BCUT2D eigenvalue weighted by Crippen LogP contribution is -2.46. The molecule has 0 aromatic heterocycles. The first-order chi connectivity index (χ1) is 8.33. The van der Waals surface area contributed by atoms with E-state index in [0.29, 0.717) is 13.1 Å². The lowest BCUT2D eigenvalue weighted by atomic mass is 10.3. The molecule has 114 valence electrons. The van der Waals surface area contributed by atoms with Crippen molar-refractivity contribution in [3.05, 3.63) is 0 Å². The van der Waals surface area contributed by atoms with E-state index >= 15 is 0 Å². The van der Waals surface area contributed by atoms with Crippen molar-refractivity contribution in [3.63, 3.8) is 0 Å². The molecule has 1 rings (SSSR count). The number of carbonyl (C=O) groups is 1. The highest BCUT2D eigenvalue weighted by Crippen LogP contribution is 2.27. The Labute approximate surface area is 122 Å². The minimum absolute atomic E-state index is 0. The van der Waals surface area contributed by atoms with Gasteiger partial charge in [-0.2, -0.15) is 0 Å². The van der Waals surface area contributed by atoms with Crippen LogP contribution in [0.5, 0.6) is 0 Å². The first-order valence-corrected chi connectivity index (χ1v) is 8.57. The monoisotopic (exact) mass is 312 g/mol. The highest BCUT2D eigenvalue weighted by atomic mass is 35.5. The van der Waals surface area contributed by atoms with Crippen LogP contribution in [0.25, 0.3) is 0 Å². The first kappa shape index (κ1) is 18.7. The summed E-state index contributed by atoms with van der Waals surface area (Å²) in [6, 6.07) is -0.264. The average molecular weight is 313 g/mol. The highest BCUT2D eigenvalue weighted by Gasteiger charge is 2.23. The molecule has 0 aliphatic heterocycles. The van der Waals surface area contributed by atoms with Gasteiger partial charge in [0.25, 0.3) is 0 Å². The zero-order chi connectivity index (χ0) is 13.8. The number of nitrogens with one attached hydrogen (secondary N) is 1. The third-order valence-corrected chi connectivity index (χ3v) is 4.23. The molecule has 0 aromatic rings. The quantitative estimate of drug-likeness (QED) is 0.716. The third kappa shape index (κ3) is 7.74. The van der Waals surface area contributed by atoms with Crippen LogP contribution in [0.15, 0.2) is 0 Å². The topological polar surface area (TPSA) is 66.5 Å². The normalized spacial score (nSPS) is 16.6. The van der Waals surface area contributed by atoms with Gasteiger partial charge in [0.15, 0.2) is 0 Å². The highest BCUT2D eigenvalue weighted by molar-refractivity contribution is 7.90. The molecule has 1 unspecified atom stereocenters. The Hall–Kier alpha value is -0.330. The molecule has 0 spiro atoms. The molecular formula is C12H25ClN2O3S. The fourth-order valence-corrected chi connectivity index (χ4v) is 3.12. The molecule has 0 aromatic carbocycles. The molecule has 1 fully saturated rings. The fraction of sp³-hybridized carbons (Fsp3) is 0.917. The summed E-state index contributed by atoms with van der Waals surface area (Å²) < 4.78 is 22.5. The molecule has 1 saturated carbocycles. The maximum Gasteiger partial charge on any atom is 0.236 e. The largest absolute Gasteiger partial charge is 0.338 e. The molecule has 1 atom stereocenters. The summed E-state index contributed by atoms with van der Waals surface area (Å²) in [6.07, 6.45) is 3.71. The Morgan fingerprint density at radius 2 is 2.00 bits per heavy atom. The minimum Gasteiger partial charge on any atom is -0.338 e. The van der Waals surface area contributed by atoms with Crippen LogP contribution < -0.4 is 5.32 Å². The van der Waals surface area contributed by atoms with E-state index in [1.165, 1.54) is 19.1 Å². The van der Waals surface area contributed by atoms with E-state index in [1.807, 2.05) is 6.92 Å². The molecule has 1 N–H and O–H groups in total. The number of amides is 1. The van der Waals surface area contributed by atoms with Crippen molar-refractivity contribution in [2.75, 3.05) is 31.6 Å². The van der Waals surface area contributed by atoms with Crippen molar-refractivity contribution in [2.45, 2.75) is 32.7 Å². The van der Waals surface area contributed by atoms with Gasteiger partial charge in [-0.25, -0.2) is 8.42 Å². The molecule has 7 heteroatoms. The van der Waals surface area contributed by atoms with E-state index in [-0.39, 0.29) is 30.1 Å². The maximum absolute atomic E-state index is 12.0. The van der Waals surface area contributed by atoms with Gasteiger partial charge < -0.3 is 10.2 Å². The van der Waals surface area contributed by atoms with E-state index < -0.39 is 9.84 Å². The molecule has 5 nitrogen and oxygen atoms in total. The SMILES string of the molecule is CCN(C(=O)CNCC1CC1)C(C)CS(C)(=O)=O.Cl. The minimum atomic E-state index is -3.05. The van der Waals surface area contributed by atoms with Crippen molar-refractivity contribution >= 4 is 28.2 Å². The van der Waals surface area contributed by atoms with Gasteiger partial charge in [0, 0.05) is 18.8 Å². The molecule has 1 aliphatic carbocycles. The summed E-state index contributed by atoms with van der Waals surface area (Å²) in [4.78, 5) is 13.6. The van der Waals surface area contributed by atoms with Crippen LogP contribution in [-0.2, 0) is 14.6 Å². The van der Waals surface area contributed by atoms with Crippen molar-refractivity contribution in [3.8, 4) is 0 Å². The van der Waals surface area contributed by atoms with Crippen LogP contribution in [0, 0.1) is 5.92 Å². The molecule has 1 aliphatic rings. The third-order valence-electron chi connectivity index (χ3n) is 3.14. The zero-order valence-corrected chi connectivity index (χ0v) is 13.5. The van der Waals surface area contributed by atoms with E-state index in [1.54, 1.807) is 11.8 Å². The van der Waals surface area contributed by atoms with Crippen molar-refractivity contribution in [1.82, 2.24) is 10.2 Å². The van der Waals surface area contributed by atoms with Crippen LogP contribution >= 0.6 is 12.4 Å². The van der Waals surface area contributed by atoms with Gasteiger partial charge in [-0.1, -0.05) is 0 Å². The standard InChI is InChI=1S/C12H24N2O3S.ClH/c1-4-14(10(2)9-18(3,16)17)12(15)8-13-7-11-5-6-11;/h10-11,13H,4-9H2,1-3H3;1H. The molecule has 1 amide bonds. The number of hydrogen-bond donors (Lipinski definition) is 1. The second-order valence-corrected chi connectivity index (χ2v) is 7.38. The van der Waals surface area contributed by atoms with Crippen molar-refractivity contribution in [1.29, 1.82) is 0 Å². The van der Waals surface area contributed by atoms with Crippen LogP contribution in [0.1, 0.15) is 26.7 Å². The van der Waals surface area contributed by atoms with Crippen LogP contribution in [0.3, 0.4) is 0 Å². The summed E-state index contributed by atoms with van der Waals surface area (Å²) in [5.74, 6) is 0.741. The molecular weight excluding hydrogens is 288 g/mol. The van der Waals surface area contributed by atoms with Crippen LogP contribution in [0.2, 0.25) is 0 Å². The predicted octanol–water partition coefficient (Wildman–Crippen LogP) is 0.689. The van der Waals surface area contributed by atoms with Crippen LogP contribution in [0.4, 0.5) is 0 Å². The van der Waals surface area contributed by atoms with Gasteiger partial charge >= 0.3 is 0 Å². The van der Waals surface area contributed by atoms with E-state index in [9.17, 15) is 13.2 Å². The number of rotatable bonds is 8. The Kier molecular flexibility index (Phi) is 7.93. The van der Waals surface area contributed by atoms with Gasteiger partial charge in [-0.3, -0.25) is 4.79 Å². The molecule has 0 bridgehead atoms. The Morgan fingerprint density at radius 3 is 2.42 bits per heavy atom. The molecule has 19 heavy (non-hydrogen) atoms. The second kappa shape index (κ2) is 8.07. The number of nitrogens with zero attached hydrogens (tertiary/aromatic N) is 1. The average Bonchev–Trinajstić information content (AvgIpc) is 2.99. The summed E-state index contributed by atoms with van der Waals surface area (Å²) >= 11 is 0.